The molecule has 3 heteroatoms. The fraction of sp³-hybridized carbons (Fsp3) is 0.733. The van der Waals surface area contributed by atoms with Crippen molar-refractivity contribution in [3.05, 3.63) is 24.3 Å². The number of nitrogens with zero attached hydrogens (tertiary/aromatic N) is 1. The van der Waals surface area contributed by atoms with Crippen LogP contribution in [0.3, 0.4) is 0 Å². The molecule has 0 amide bonds. The normalized spacial score (nSPS) is 28.2. The van der Waals surface area contributed by atoms with Gasteiger partial charge in [0.2, 0.25) is 0 Å². The summed E-state index contributed by atoms with van der Waals surface area (Å²) in [6.07, 6.45) is 22.2. The Labute approximate surface area is 113 Å². The van der Waals surface area contributed by atoms with Gasteiger partial charge in [-0.2, -0.15) is 0 Å². The van der Waals surface area contributed by atoms with Crippen LogP contribution in [0.4, 0.5) is 0 Å². The van der Waals surface area contributed by atoms with Crippen LogP contribution in [-0.4, -0.2) is 7.64 Å². The van der Waals surface area contributed by atoms with Gasteiger partial charge in [0.05, 0.1) is 0 Å². The van der Waals surface area contributed by atoms with Crippen molar-refractivity contribution in [1.82, 2.24) is 0 Å². The number of rotatable bonds is 0. The van der Waals surface area contributed by atoms with E-state index in [4.69, 9.17) is 0 Å². The first-order valence-corrected chi connectivity index (χ1v) is 7.30. The fourth-order valence-electron chi connectivity index (χ4n) is 2.83. The van der Waals surface area contributed by atoms with E-state index in [1.54, 1.807) is 0 Å². The van der Waals surface area contributed by atoms with Gasteiger partial charge in [0.15, 0.2) is 0 Å². The third-order valence-electron chi connectivity index (χ3n) is 3.83. The van der Waals surface area contributed by atoms with Crippen molar-refractivity contribution in [3.8, 4) is 0 Å². The third-order valence-corrected chi connectivity index (χ3v) is 3.83. The Kier molecular flexibility index (Phi) is 8.53. The van der Waals surface area contributed by atoms with Crippen LogP contribution in [0, 0.1) is 11.8 Å². The zero-order valence-electron chi connectivity index (χ0n) is 11.4. The van der Waals surface area contributed by atoms with E-state index in [1.165, 1.54) is 57.8 Å². The summed E-state index contributed by atoms with van der Waals surface area (Å²) in [5, 5.41) is 2.50. The van der Waals surface area contributed by atoms with Crippen molar-refractivity contribution in [3.63, 3.8) is 0 Å². The van der Waals surface area contributed by atoms with Gasteiger partial charge in [-0.25, -0.2) is 0 Å². The van der Waals surface area contributed by atoms with Crippen LogP contribution >= 0.6 is 0 Å². The molecule has 0 aromatic carbocycles. The standard InChI is InChI=1S/C8H14.C7H10.BH2N2/c1-2-4-6-8-7-5-3-1;1-2-7-4-3-6(1)5-7;1-3-2/h1-2H,3-8H2;1-2,6-7H,3-5H2;2H2. The van der Waals surface area contributed by atoms with Gasteiger partial charge in [-0.15, -0.1) is 0 Å². The molecule has 0 aromatic heterocycles. The molecular formula is C15H26BN2. The summed E-state index contributed by atoms with van der Waals surface area (Å²) < 4.78 is 0. The fourth-order valence-corrected chi connectivity index (χ4v) is 2.83. The topological polar surface area (TPSA) is 38.4 Å². The molecule has 0 saturated heterocycles. The summed E-state index contributed by atoms with van der Waals surface area (Å²) in [6, 6.07) is 0. The molecule has 2 bridgehead atoms. The van der Waals surface area contributed by atoms with Crippen LogP contribution in [0.5, 0.6) is 0 Å². The van der Waals surface area contributed by atoms with Crippen molar-refractivity contribution >= 4 is 7.64 Å². The molecule has 0 spiro atoms. The van der Waals surface area contributed by atoms with Gasteiger partial charge < -0.3 is 0 Å². The molecular weight excluding hydrogens is 219 g/mol. The van der Waals surface area contributed by atoms with Crippen molar-refractivity contribution < 1.29 is 0 Å². The SMILES string of the molecule is C1=CC2CCC1C2.C1=CCCCCCC1.[B]=NN. The third kappa shape index (κ3) is 6.78. The van der Waals surface area contributed by atoms with Gasteiger partial charge in [-0.1, -0.05) is 37.1 Å². The second-order valence-corrected chi connectivity index (χ2v) is 5.33. The summed E-state index contributed by atoms with van der Waals surface area (Å²) in [6.45, 7) is 0. The molecule has 0 aliphatic heterocycles. The average Bonchev–Trinajstić information content (AvgIpc) is 2.93. The monoisotopic (exact) mass is 245 g/mol. The molecule has 2 nitrogen and oxygen atoms in total. The number of hydrogen-bond acceptors (Lipinski definition) is 2. The number of allylic oxidation sites excluding steroid dienone is 4. The summed E-state index contributed by atoms with van der Waals surface area (Å²) in [7, 11) is 4.25. The quantitative estimate of drug-likeness (QED) is 0.297. The Morgan fingerprint density at radius 1 is 0.889 bits per heavy atom. The Balaban J connectivity index is 0.000000149. The van der Waals surface area contributed by atoms with E-state index in [9.17, 15) is 0 Å². The zero-order valence-corrected chi connectivity index (χ0v) is 11.4. The average molecular weight is 245 g/mol. The minimum atomic E-state index is 0.991. The van der Waals surface area contributed by atoms with Crippen LogP contribution < -0.4 is 5.84 Å². The van der Waals surface area contributed by atoms with Crippen LogP contribution in [-0.2, 0) is 0 Å². The molecule has 3 aliphatic rings. The summed E-state index contributed by atoms with van der Waals surface area (Å²) >= 11 is 0. The summed E-state index contributed by atoms with van der Waals surface area (Å²) in [5.74, 6) is 6.23. The minimum absolute atomic E-state index is 0.991. The molecule has 99 valence electrons. The predicted octanol–water partition coefficient (Wildman–Crippen LogP) is 4.08. The van der Waals surface area contributed by atoms with Crippen molar-refractivity contribution in [2.45, 2.75) is 57.8 Å². The molecule has 1 radical (unpaired) electrons. The Hall–Kier alpha value is -0.855. The van der Waals surface area contributed by atoms with Gasteiger partial charge >= 0.3 is 18.5 Å². The molecule has 2 unspecified atom stereocenters. The number of hydrogen-bond donors (Lipinski definition) is 1. The van der Waals surface area contributed by atoms with E-state index in [-0.39, 0.29) is 0 Å². The molecule has 3 rings (SSSR count). The van der Waals surface area contributed by atoms with Gasteiger partial charge in [0, 0.05) is 0 Å². The van der Waals surface area contributed by atoms with Crippen LogP contribution in [0.25, 0.3) is 0 Å². The van der Waals surface area contributed by atoms with Crippen molar-refractivity contribution in [2.24, 2.45) is 22.7 Å². The van der Waals surface area contributed by atoms with Gasteiger partial charge in [0.25, 0.3) is 0 Å². The van der Waals surface area contributed by atoms with Crippen molar-refractivity contribution in [1.29, 1.82) is 0 Å². The van der Waals surface area contributed by atoms with Crippen molar-refractivity contribution in [2.75, 3.05) is 0 Å². The van der Waals surface area contributed by atoms with E-state index in [0.717, 1.165) is 11.8 Å². The van der Waals surface area contributed by atoms with E-state index >= 15 is 0 Å². The molecule has 3 aliphatic carbocycles. The molecule has 2 N–H and O–H groups in total. The number of nitrogens with two attached hydrogens (primary N) is 1. The van der Waals surface area contributed by atoms with E-state index < -0.39 is 0 Å². The predicted molar refractivity (Wildman–Crippen MR) is 79.2 cm³/mol. The Bertz CT molecular complexity index is 252. The van der Waals surface area contributed by atoms with E-state index in [1.807, 2.05) is 0 Å². The van der Waals surface area contributed by atoms with Gasteiger partial charge in [0.1, 0.15) is 0 Å². The first-order valence-electron chi connectivity index (χ1n) is 7.30. The van der Waals surface area contributed by atoms with Crippen LogP contribution in [0.1, 0.15) is 57.8 Å². The maximum absolute atomic E-state index is 4.25. The van der Waals surface area contributed by atoms with Gasteiger partial charge in [-0.3, -0.25) is 0 Å². The first kappa shape index (κ1) is 15.2. The molecule has 2 atom stereocenters. The Morgan fingerprint density at radius 3 is 1.61 bits per heavy atom. The second-order valence-electron chi connectivity index (χ2n) is 5.33. The summed E-state index contributed by atoms with van der Waals surface area (Å²) in [4.78, 5) is 0. The molecule has 1 saturated carbocycles. The van der Waals surface area contributed by atoms with Crippen LogP contribution in [0.15, 0.2) is 29.3 Å². The maximum atomic E-state index is 4.25. The molecule has 1 fully saturated rings. The molecule has 0 heterocycles. The Morgan fingerprint density at radius 2 is 1.33 bits per heavy atom. The first-order chi connectivity index (χ1) is 8.86. The second kappa shape index (κ2) is 10.1. The van der Waals surface area contributed by atoms with E-state index in [0.29, 0.717) is 0 Å². The van der Waals surface area contributed by atoms with E-state index in [2.05, 4.69) is 42.8 Å². The molecule has 0 aromatic rings. The van der Waals surface area contributed by atoms with Crippen LogP contribution in [0.2, 0.25) is 0 Å². The van der Waals surface area contributed by atoms with Gasteiger partial charge in [-0.05, 0) is 56.8 Å². The summed E-state index contributed by atoms with van der Waals surface area (Å²) in [5.41, 5.74) is 0. The zero-order chi connectivity index (χ0) is 13.1. The molecule has 18 heavy (non-hydrogen) atoms. The number of fused-ring (bicyclic) bond motifs is 2.